The summed E-state index contributed by atoms with van der Waals surface area (Å²) >= 11 is 0. The average Bonchev–Trinajstić information content (AvgIpc) is 3.57. The molecule has 78 heavy (non-hydrogen) atoms. The maximum atomic E-state index is 14.0. The fraction of sp³-hybridized carbons (Fsp3) is 0.108. The number of rotatable bonds is 5. The van der Waals surface area contributed by atoms with Crippen LogP contribution in [0.15, 0.2) is 261 Å². The van der Waals surface area contributed by atoms with E-state index in [1.165, 1.54) is 0 Å². The van der Waals surface area contributed by atoms with Crippen molar-refractivity contribution >= 4 is 69.8 Å². The summed E-state index contributed by atoms with van der Waals surface area (Å²) in [6, 6.07) is 83.8. The molecule has 2 atom stereocenters. The lowest BCUT2D eigenvalue weighted by Crippen LogP contribution is -2.25. The summed E-state index contributed by atoms with van der Waals surface area (Å²) in [4.78, 5) is 0. The summed E-state index contributed by atoms with van der Waals surface area (Å²) in [6.07, 6.45) is 0. The number of aliphatic hydroxyl groups excluding tert-OH is 5. The third kappa shape index (κ3) is 14.2. The highest BCUT2D eigenvalue weighted by Gasteiger charge is 2.39. The van der Waals surface area contributed by atoms with Crippen molar-refractivity contribution < 1.29 is 48.3 Å². The van der Waals surface area contributed by atoms with E-state index in [0.29, 0.717) is 11.5 Å². The molecule has 12 rings (SSSR count). The zero-order valence-electron chi connectivity index (χ0n) is 44.9. The molecule has 0 bridgehead atoms. The van der Waals surface area contributed by atoms with E-state index in [0.717, 1.165) is 106 Å². The van der Waals surface area contributed by atoms with Gasteiger partial charge in [0.2, 0.25) is 0 Å². The molecule has 10 aromatic rings. The van der Waals surface area contributed by atoms with Gasteiger partial charge in [0, 0.05) is 62.6 Å². The van der Waals surface area contributed by atoms with Crippen LogP contribution in [0.25, 0.3) is 33.0 Å². The lowest BCUT2D eigenvalue weighted by atomic mass is 10.0. The van der Waals surface area contributed by atoms with Gasteiger partial charge in [-0.05, 0) is 70.4 Å². The molecule has 404 valence electrons. The van der Waals surface area contributed by atoms with E-state index >= 15 is 0 Å². The van der Waals surface area contributed by atoms with Crippen molar-refractivity contribution in [1.82, 2.24) is 0 Å². The second-order valence-electron chi connectivity index (χ2n) is 15.8. The van der Waals surface area contributed by atoms with Crippen molar-refractivity contribution in [3.8, 4) is 33.8 Å². The number of fused-ring (bicyclic) bond motifs is 7. The molecule has 0 amide bonds. The molecule has 0 fully saturated rings. The van der Waals surface area contributed by atoms with Gasteiger partial charge >= 0.3 is 14.7 Å². The lowest BCUT2D eigenvalue weighted by molar-refractivity contribution is 0.399. The predicted molar refractivity (Wildman–Crippen MR) is 327 cm³/mol. The Morgan fingerprint density at radius 3 is 1.00 bits per heavy atom. The molecule has 2 aliphatic rings. The van der Waals surface area contributed by atoms with Gasteiger partial charge < -0.3 is 39.1 Å². The first-order chi connectivity index (χ1) is 38.4. The molecule has 0 saturated carbocycles. The molecular weight excluding hydrogens is 1030 g/mol. The highest BCUT2D eigenvalue weighted by atomic mass is 31.2. The van der Waals surface area contributed by atoms with Crippen LogP contribution in [0, 0.1) is 0 Å². The summed E-state index contributed by atoms with van der Waals surface area (Å²) in [5.41, 5.74) is 3.97. The highest BCUT2D eigenvalue weighted by Crippen LogP contribution is 2.55. The molecule has 5 N–H and O–H groups in total. The number of para-hydroxylation sites is 2. The van der Waals surface area contributed by atoms with Crippen LogP contribution in [0.5, 0.6) is 11.5 Å². The Labute approximate surface area is 459 Å². The van der Waals surface area contributed by atoms with E-state index < -0.39 is 21.9 Å². The van der Waals surface area contributed by atoms with E-state index in [9.17, 15) is 13.7 Å². The number of hydrogen-bond acceptors (Lipinski definition) is 10. The largest absolute Gasteiger partial charge is 0.436 e. The minimum Gasteiger partial charge on any atom is -0.436 e. The van der Waals surface area contributed by atoms with Crippen molar-refractivity contribution in [2.75, 3.05) is 35.5 Å². The normalized spacial score (nSPS) is 14.4. The van der Waals surface area contributed by atoms with E-state index in [-0.39, 0.29) is 0 Å². The molecule has 0 aliphatic carbocycles. The van der Waals surface area contributed by atoms with E-state index in [2.05, 4.69) is 6.07 Å². The van der Waals surface area contributed by atoms with E-state index in [1.807, 2.05) is 269 Å². The van der Waals surface area contributed by atoms with Crippen LogP contribution < -0.4 is 46.2 Å². The first-order valence-electron chi connectivity index (χ1n) is 24.9. The van der Waals surface area contributed by atoms with Crippen LogP contribution >= 0.6 is 21.9 Å². The molecule has 0 saturated heterocycles. The van der Waals surface area contributed by atoms with Gasteiger partial charge in [0.25, 0.3) is 0 Å². The maximum Gasteiger partial charge on any atom is 0.307 e. The first kappa shape index (κ1) is 63.1. The summed E-state index contributed by atoms with van der Waals surface area (Å²) < 4.78 is 53.6. The standard InChI is InChI=1S/C22H15O2P.C18H13O2P.C18H15OP.C2H6.5CH4O/c23-25(18-14-13-16-7-1-2-8-17(16)15-18)22-12-6-4-10-20(22)19-9-3-5-11-21(19)24-25;19-21(14-8-2-1-3-9-14)18-13-7-5-11-16(18)15-10-4-6-12-17(15)20-21;19-20(16-10-4-1-5-11-16,17-12-6-2-7-13-17)18-14-8-3-9-15-18;6*1-2/h1-15H;1-13H;1-15H;1-2H3;5*2H,1H3. The molecule has 10 aromatic carbocycles. The quantitative estimate of drug-likeness (QED) is 0.105. The molecule has 10 nitrogen and oxygen atoms in total. The molecule has 0 spiro atoms. The minimum atomic E-state index is -3.19. The monoisotopic (exact) mass is 1100 g/mol. The van der Waals surface area contributed by atoms with Crippen molar-refractivity contribution in [1.29, 1.82) is 0 Å². The van der Waals surface area contributed by atoms with E-state index in [1.54, 1.807) is 0 Å². The molecule has 13 heteroatoms. The van der Waals surface area contributed by atoms with Gasteiger partial charge in [-0.1, -0.05) is 226 Å². The second kappa shape index (κ2) is 32.3. The summed E-state index contributed by atoms with van der Waals surface area (Å²) in [5, 5.41) is 42.8. The molecule has 2 unspecified atom stereocenters. The lowest BCUT2D eigenvalue weighted by Gasteiger charge is -2.29. The Bertz CT molecular complexity index is 3390. The van der Waals surface area contributed by atoms with Gasteiger partial charge in [-0.25, -0.2) is 0 Å². The SMILES string of the molecule is CC.CO.CO.CO.CO.CO.O=P(c1ccccc1)(c1ccccc1)c1ccccc1.O=P1(c2ccc3ccccc3c2)Oc2ccccc2-c2ccccc21.O=P1(c2ccccc2)Oc2ccccc2-c2ccccc21. The van der Waals surface area contributed by atoms with E-state index in [4.69, 9.17) is 34.6 Å². The van der Waals surface area contributed by atoms with Crippen LogP contribution in [-0.2, 0) is 13.7 Å². The molecule has 0 aromatic heterocycles. The Morgan fingerprint density at radius 2 is 0.603 bits per heavy atom. The van der Waals surface area contributed by atoms with Crippen LogP contribution in [0.1, 0.15) is 13.8 Å². The van der Waals surface area contributed by atoms with Crippen LogP contribution in [-0.4, -0.2) is 61.1 Å². The number of hydrogen-bond donors (Lipinski definition) is 5. The van der Waals surface area contributed by atoms with Crippen molar-refractivity contribution in [3.63, 3.8) is 0 Å². The summed E-state index contributed by atoms with van der Waals surface area (Å²) in [5.74, 6) is 1.36. The fourth-order valence-electron chi connectivity index (χ4n) is 8.56. The van der Waals surface area contributed by atoms with Gasteiger partial charge in [-0.2, -0.15) is 0 Å². The summed E-state index contributed by atoms with van der Waals surface area (Å²) in [6.45, 7) is 4.00. The van der Waals surface area contributed by atoms with Gasteiger partial charge in [0.1, 0.15) is 11.5 Å². The molecular formula is C65H69O10P3. The van der Waals surface area contributed by atoms with Crippen LogP contribution in [0.2, 0.25) is 0 Å². The smallest absolute Gasteiger partial charge is 0.307 e. The number of benzene rings is 10. The zero-order valence-corrected chi connectivity index (χ0v) is 47.6. The Balaban J connectivity index is 0.000000231. The maximum absolute atomic E-state index is 14.0. The Morgan fingerprint density at radius 1 is 0.308 bits per heavy atom. The average molecular weight is 1100 g/mol. The third-order valence-corrected chi connectivity index (χ3v) is 19.7. The highest BCUT2D eigenvalue weighted by molar-refractivity contribution is 7.85. The fourth-order valence-corrected chi connectivity index (χ4v) is 15.8. The topological polar surface area (TPSA) is 171 Å². The first-order valence-corrected chi connectivity index (χ1v) is 29.8. The molecule has 2 aliphatic heterocycles. The second-order valence-corrected chi connectivity index (χ2v) is 23.1. The van der Waals surface area contributed by atoms with Crippen molar-refractivity contribution in [2.45, 2.75) is 13.8 Å². The van der Waals surface area contributed by atoms with Gasteiger partial charge in [-0.15, -0.1) is 0 Å². The van der Waals surface area contributed by atoms with Crippen LogP contribution in [0.4, 0.5) is 0 Å². The zero-order chi connectivity index (χ0) is 57.0. The van der Waals surface area contributed by atoms with Gasteiger partial charge in [0.05, 0.1) is 21.2 Å². The van der Waals surface area contributed by atoms with Crippen molar-refractivity contribution in [3.05, 3.63) is 261 Å². The third-order valence-electron chi connectivity index (χ3n) is 11.8. The molecule has 2 heterocycles. The minimum absolute atomic E-state index is 0.678. The summed E-state index contributed by atoms with van der Waals surface area (Å²) in [7, 11) is -4.06. The Hall–Kier alpha value is -7.45. The molecule has 0 radical (unpaired) electrons. The van der Waals surface area contributed by atoms with Crippen LogP contribution in [0.3, 0.4) is 0 Å². The number of aliphatic hydroxyl groups is 5. The van der Waals surface area contributed by atoms with Gasteiger partial charge in [-0.3, -0.25) is 9.13 Å². The van der Waals surface area contributed by atoms with Gasteiger partial charge in [0.15, 0.2) is 7.14 Å². The Kier molecular flexibility index (Phi) is 26.1. The van der Waals surface area contributed by atoms with Crippen molar-refractivity contribution in [2.24, 2.45) is 0 Å². The predicted octanol–water partition coefficient (Wildman–Crippen LogP) is 11.5.